The summed E-state index contributed by atoms with van der Waals surface area (Å²) in [6.45, 7) is 9.91. The van der Waals surface area contributed by atoms with Crippen LogP contribution in [0.15, 0.2) is 11.6 Å². The summed E-state index contributed by atoms with van der Waals surface area (Å²) >= 11 is 0. The molecule has 7 unspecified atom stereocenters. The number of fused-ring (bicyclic) bond motifs is 5. The molecule has 0 aromatic rings. The third-order valence-corrected chi connectivity index (χ3v) is 13.8. The number of rotatable bonds is 10. The minimum Gasteiger partial charge on any atom is -0.726 e. The molecule has 13 nitrogen and oxygen atoms in total. The quantitative estimate of drug-likeness (QED) is 0.0559. The molecule has 5 fully saturated rings. The average Bonchev–Trinajstić information content (AvgIpc) is 3.19. The first-order valence-corrected chi connectivity index (χ1v) is 18.9. The summed E-state index contributed by atoms with van der Waals surface area (Å²) in [7, 11) is -5.10. The first-order chi connectivity index (χ1) is 22.2. The second-order valence-corrected chi connectivity index (χ2v) is 17.4. The van der Waals surface area contributed by atoms with E-state index in [0.717, 1.165) is 18.4 Å². The average molecular weight is 729 g/mol. The number of aliphatic hydroxyl groups excluding tert-OH is 6. The molecule has 5 rings (SSSR count). The van der Waals surface area contributed by atoms with Gasteiger partial charge >= 0.3 is 29.6 Å². The molecule has 278 valence electrons. The summed E-state index contributed by atoms with van der Waals surface area (Å²) in [5, 5.41) is 78.1. The predicted molar refractivity (Wildman–Crippen MR) is 170 cm³/mol. The van der Waals surface area contributed by atoms with Crippen LogP contribution in [0.2, 0.25) is 0 Å². The normalized spacial score (nSPS) is 47.9. The molecule has 0 amide bonds. The SMILES string of the molecule is CC(C)/C(=C\COC1OCC(OS(=O)(=O)[O-])C(O)C1O)CC[C@@H](C)[C@H]1[C@@H](O)[C@@H](O)C2[C@]3(O)C[C@H](O)C4C[C@@H](O)CC[C@]4(C)C3CC[C@@]21C.[Na+]. The molecule has 0 aromatic heterocycles. The zero-order valence-electron chi connectivity index (χ0n) is 29.7. The van der Waals surface area contributed by atoms with Crippen LogP contribution in [0.3, 0.4) is 0 Å². The van der Waals surface area contributed by atoms with Crippen molar-refractivity contribution in [3.05, 3.63) is 11.6 Å². The molecule has 1 saturated heterocycles. The van der Waals surface area contributed by atoms with E-state index in [1.807, 2.05) is 19.9 Å². The van der Waals surface area contributed by atoms with Gasteiger partial charge in [-0.1, -0.05) is 46.3 Å². The second-order valence-electron chi connectivity index (χ2n) is 16.4. The van der Waals surface area contributed by atoms with Crippen molar-refractivity contribution in [2.45, 2.75) is 141 Å². The van der Waals surface area contributed by atoms with Gasteiger partial charge in [0.1, 0.15) is 18.3 Å². The van der Waals surface area contributed by atoms with Gasteiger partial charge in [0.15, 0.2) is 6.29 Å². The van der Waals surface area contributed by atoms with Crippen LogP contribution < -0.4 is 29.6 Å². The van der Waals surface area contributed by atoms with E-state index in [9.17, 15) is 48.7 Å². The molecule has 1 aliphatic heterocycles. The number of hydrogen-bond donors (Lipinski definition) is 7. The standard InChI is InChI=1S/C34H58O13S.Na/c1-17(2)19(10-13-45-31-29(40)26(37)23(16-46-31)47-48(42,43)44)7-6-18(3)25-27(38)28(39)30-33(25,5)12-9-24-32(4)11-8-20(35)14-21(32)22(36)15-34(24,30)41;/h10,17-18,20-31,35-41H,6-9,11-16H2,1-5H3,(H,42,43,44);/q;+1/p-1/b19-10-;/t18-,20+,21?,22+,23?,24?,25+,26?,27-,28-,29?,30?,31?,32+,33-,34+;/m1./s1. The van der Waals surface area contributed by atoms with Gasteiger partial charge in [0, 0.05) is 12.3 Å². The maximum atomic E-state index is 12.5. The molecule has 5 aliphatic rings. The van der Waals surface area contributed by atoms with Gasteiger partial charge in [0.25, 0.3) is 0 Å². The molecular weight excluding hydrogens is 671 g/mol. The topological polar surface area (TPSA) is 226 Å². The molecule has 15 heteroatoms. The Balaban J connectivity index is 0.00000541. The minimum absolute atomic E-state index is 0. The first-order valence-electron chi connectivity index (χ1n) is 17.6. The Labute approximate surface area is 312 Å². The monoisotopic (exact) mass is 728 g/mol. The fourth-order valence-electron chi connectivity index (χ4n) is 11.1. The van der Waals surface area contributed by atoms with E-state index >= 15 is 0 Å². The Morgan fingerprint density at radius 3 is 2.27 bits per heavy atom. The summed E-state index contributed by atoms with van der Waals surface area (Å²) < 4.78 is 47.9. The van der Waals surface area contributed by atoms with Gasteiger partial charge in [-0.05, 0) is 85.4 Å². The number of aliphatic hydroxyl groups is 7. The molecule has 4 saturated carbocycles. The van der Waals surface area contributed by atoms with E-state index in [2.05, 4.69) is 25.0 Å². The Morgan fingerprint density at radius 2 is 1.63 bits per heavy atom. The molecule has 16 atom stereocenters. The predicted octanol–water partition coefficient (Wildman–Crippen LogP) is -2.02. The van der Waals surface area contributed by atoms with Crippen LogP contribution in [-0.4, -0.2) is 117 Å². The van der Waals surface area contributed by atoms with Crippen LogP contribution in [-0.2, 0) is 24.1 Å². The van der Waals surface area contributed by atoms with Gasteiger partial charge in [-0.15, -0.1) is 0 Å². The minimum atomic E-state index is -5.10. The smallest absolute Gasteiger partial charge is 0.726 e. The molecular formula is C34H57NaO13S. The van der Waals surface area contributed by atoms with Crippen LogP contribution in [0.1, 0.15) is 86.0 Å². The Hall–Kier alpha value is 0.250. The van der Waals surface area contributed by atoms with E-state index in [4.69, 9.17) is 9.47 Å². The van der Waals surface area contributed by atoms with E-state index in [1.54, 1.807) is 0 Å². The van der Waals surface area contributed by atoms with Crippen molar-refractivity contribution < 1.29 is 91.9 Å². The van der Waals surface area contributed by atoms with Crippen LogP contribution >= 0.6 is 0 Å². The number of allylic oxidation sites excluding steroid dienone is 1. The fourth-order valence-corrected chi connectivity index (χ4v) is 11.6. The van der Waals surface area contributed by atoms with Crippen molar-refractivity contribution in [1.29, 1.82) is 0 Å². The zero-order chi connectivity index (χ0) is 35.6. The molecule has 1 heterocycles. The third kappa shape index (κ3) is 7.91. The summed E-state index contributed by atoms with van der Waals surface area (Å²) in [5.74, 6) is -1.05. The molecule has 0 bridgehead atoms. The zero-order valence-corrected chi connectivity index (χ0v) is 32.5. The molecule has 0 spiro atoms. The largest absolute Gasteiger partial charge is 1.00 e. The molecule has 7 N–H and O–H groups in total. The number of hydrogen-bond acceptors (Lipinski definition) is 13. The van der Waals surface area contributed by atoms with Crippen LogP contribution in [0, 0.1) is 46.3 Å². The van der Waals surface area contributed by atoms with Crippen molar-refractivity contribution in [3.8, 4) is 0 Å². The van der Waals surface area contributed by atoms with Gasteiger partial charge in [-0.2, -0.15) is 0 Å². The van der Waals surface area contributed by atoms with Crippen molar-refractivity contribution in [2.24, 2.45) is 46.3 Å². The van der Waals surface area contributed by atoms with Gasteiger partial charge in [-0.3, -0.25) is 4.18 Å². The maximum absolute atomic E-state index is 12.5. The fraction of sp³-hybridized carbons (Fsp3) is 0.941. The van der Waals surface area contributed by atoms with Gasteiger partial charge in [-0.25, -0.2) is 8.42 Å². The molecule has 0 radical (unpaired) electrons. The molecule has 0 aromatic carbocycles. The van der Waals surface area contributed by atoms with Crippen LogP contribution in [0.5, 0.6) is 0 Å². The van der Waals surface area contributed by atoms with Gasteiger partial charge in [0.2, 0.25) is 10.4 Å². The van der Waals surface area contributed by atoms with E-state index in [-0.39, 0.29) is 77.6 Å². The van der Waals surface area contributed by atoms with Crippen molar-refractivity contribution >= 4 is 10.4 Å². The van der Waals surface area contributed by atoms with Crippen molar-refractivity contribution in [1.82, 2.24) is 0 Å². The van der Waals surface area contributed by atoms with Crippen LogP contribution in [0.25, 0.3) is 0 Å². The second kappa shape index (κ2) is 15.5. The molecule has 49 heavy (non-hydrogen) atoms. The van der Waals surface area contributed by atoms with Crippen molar-refractivity contribution in [3.63, 3.8) is 0 Å². The summed E-state index contributed by atoms with van der Waals surface area (Å²) in [6.07, 6.45) is -2.97. The summed E-state index contributed by atoms with van der Waals surface area (Å²) in [4.78, 5) is 0. The Kier molecular flexibility index (Phi) is 13.3. The van der Waals surface area contributed by atoms with Crippen LogP contribution in [0.4, 0.5) is 0 Å². The summed E-state index contributed by atoms with van der Waals surface area (Å²) in [6, 6.07) is 0. The Morgan fingerprint density at radius 1 is 0.980 bits per heavy atom. The number of ether oxygens (including phenoxy) is 2. The maximum Gasteiger partial charge on any atom is 1.00 e. The van der Waals surface area contributed by atoms with Gasteiger partial charge < -0.3 is 49.8 Å². The van der Waals surface area contributed by atoms with Crippen molar-refractivity contribution in [2.75, 3.05) is 13.2 Å². The summed E-state index contributed by atoms with van der Waals surface area (Å²) in [5.41, 5.74) is -1.22. The van der Waals surface area contributed by atoms with E-state index in [0.29, 0.717) is 32.1 Å². The van der Waals surface area contributed by atoms with Gasteiger partial charge in [0.05, 0.1) is 43.2 Å². The van der Waals surface area contributed by atoms with E-state index < -0.39 is 83.0 Å². The van der Waals surface area contributed by atoms with E-state index in [1.165, 1.54) is 0 Å². The molecule has 4 aliphatic carbocycles. The Bertz CT molecular complexity index is 1280. The third-order valence-electron chi connectivity index (χ3n) is 13.4. The first kappa shape index (κ1) is 42.0.